The number of H-pyrrole nitrogens is 1. The van der Waals surface area contributed by atoms with Crippen LogP contribution in [0.4, 0.5) is 0 Å². The van der Waals surface area contributed by atoms with E-state index in [2.05, 4.69) is 11.2 Å². The van der Waals surface area contributed by atoms with Gasteiger partial charge in [-0.25, -0.2) is 4.68 Å². The molecular formula is C22H21N3O2. The molecular weight excluding hydrogens is 338 g/mol. The molecule has 2 aromatic carbocycles. The van der Waals surface area contributed by atoms with E-state index < -0.39 is 0 Å². The lowest BCUT2D eigenvalue weighted by molar-refractivity contribution is 0.862. The minimum atomic E-state index is -0.164. The van der Waals surface area contributed by atoms with E-state index in [-0.39, 0.29) is 11.1 Å². The van der Waals surface area contributed by atoms with E-state index in [1.165, 1.54) is 10.7 Å². The highest BCUT2D eigenvalue weighted by Crippen LogP contribution is 2.19. The molecule has 0 aliphatic rings. The third-order valence-electron chi connectivity index (χ3n) is 4.83. The second-order valence-corrected chi connectivity index (χ2v) is 7.13. The van der Waals surface area contributed by atoms with Crippen LogP contribution in [0.25, 0.3) is 22.3 Å². The number of pyridine rings is 1. The van der Waals surface area contributed by atoms with Gasteiger partial charge in [-0.05, 0) is 68.7 Å². The minimum absolute atomic E-state index is 0.161. The van der Waals surface area contributed by atoms with Crippen molar-refractivity contribution >= 4 is 10.9 Å². The predicted octanol–water partition coefficient (Wildman–Crippen LogP) is 3.70. The minimum Gasteiger partial charge on any atom is -0.290 e. The number of fused-ring (bicyclic) bond motifs is 1. The first-order chi connectivity index (χ1) is 12.8. The van der Waals surface area contributed by atoms with Gasteiger partial charge in [-0.2, -0.15) is 0 Å². The quantitative estimate of drug-likeness (QED) is 0.593. The van der Waals surface area contributed by atoms with Crippen LogP contribution in [0.2, 0.25) is 0 Å². The lowest BCUT2D eigenvalue weighted by atomic mass is 10.1. The summed E-state index contributed by atoms with van der Waals surface area (Å²) in [6, 6.07) is 15.2. The molecule has 5 heteroatoms. The number of aromatic amines is 1. The summed E-state index contributed by atoms with van der Waals surface area (Å²) in [7, 11) is 0. The average molecular weight is 359 g/mol. The molecule has 5 nitrogen and oxygen atoms in total. The van der Waals surface area contributed by atoms with Gasteiger partial charge in [0.25, 0.3) is 11.1 Å². The van der Waals surface area contributed by atoms with Crippen molar-refractivity contribution in [1.29, 1.82) is 0 Å². The van der Waals surface area contributed by atoms with E-state index >= 15 is 0 Å². The van der Waals surface area contributed by atoms with E-state index in [1.807, 2.05) is 64.1 Å². The molecule has 0 fully saturated rings. The molecule has 0 saturated heterocycles. The number of aryl methyl sites for hydroxylation is 4. The zero-order chi connectivity index (χ0) is 19.3. The Balaban J connectivity index is 2.03. The summed E-state index contributed by atoms with van der Waals surface area (Å²) in [4.78, 5) is 25.9. The SMILES string of the molecule is Cc1cccc(-n2[nH]c3cc(=O)n(-c4cc(C)cc(C)c4)c(C)c3c2=O)c1. The van der Waals surface area contributed by atoms with E-state index in [0.29, 0.717) is 16.6 Å². The zero-order valence-corrected chi connectivity index (χ0v) is 15.8. The van der Waals surface area contributed by atoms with E-state index in [9.17, 15) is 9.59 Å². The standard InChI is InChI=1S/C22H21N3O2/c1-13-6-5-7-17(9-13)25-22(27)21-16(4)24(20(26)12-19(21)23-25)18-10-14(2)8-15(3)11-18/h5-12,23H,1-4H3. The summed E-state index contributed by atoms with van der Waals surface area (Å²) in [5.41, 5.74) is 5.59. The van der Waals surface area contributed by atoms with Crippen LogP contribution in [0.3, 0.4) is 0 Å². The topological polar surface area (TPSA) is 59.8 Å². The van der Waals surface area contributed by atoms with Gasteiger partial charge in [0.1, 0.15) is 0 Å². The lowest BCUT2D eigenvalue weighted by Crippen LogP contribution is -2.22. The summed E-state index contributed by atoms with van der Waals surface area (Å²) >= 11 is 0. The maximum Gasteiger partial charge on any atom is 0.280 e. The first kappa shape index (κ1) is 17.1. The van der Waals surface area contributed by atoms with Crippen LogP contribution < -0.4 is 11.1 Å². The van der Waals surface area contributed by atoms with Crippen LogP contribution in [-0.2, 0) is 0 Å². The van der Waals surface area contributed by atoms with Crippen molar-refractivity contribution in [1.82, 2.24) is 14.3 Å². The fraction of sp³-hybridized carbons (Fsp3) is 0.182. The third-order valence-corrected chi connectivity index (χ3v) is 4.83. The van der Waals surface area contributed by atoms with Gasteiger partial charge in [0, 0.05) is 17.4 Å². The number of hydrogen-bond acceptors (Lipinski definition) is 2. The molecule has 2 heterocycles. The Morgan fingerprint density at radius 3 is 2.11 bits per heavy atom. The molecule has 0 radical (unpaired) electrons. The fourth-order valence-electron chi connectivity index (χ4n) is 3.72. The maximum absolute atomic E-state index is 13.1. The molecule has 0 atom stereocenters. The van der Waals surface area contributed by atoms with Crippen molar-refractivity contribution in [2.75, 3.05) is 0 Å². The number of hydrogen-bond donors (Lipinski definition) is 1. The molecule has 0 unspecified atom stereocenters. The van der Waals surface area contributed by atoms with Crippen LogP contribution in [-0.4, -0.2) is 14.3 Å². The van der Waals surface area contributed by atoms with Gasteiger partial charge in [-0.1, -0.05) is 18.2 Å². The zero-order valence-electron chi connectivity index (χ0n) is 15.8. The smallest absolute Gasteiger partial charge is 0.280 e. The van der Waals surface area contributed by atoms with Crippen LogP contribution in [0, 0.1) is 27.7 Å². The van der Waals surface area contributed by atoms with Crippen molar-refractivity contribution in [3.05, 3.63) is 91.6 Å². The Morgan fingerprint density at radius 2 is 1.44 bits per heavy atom. The Hall–Kier alpha value is -3.34. The van der Waals surface area contributed by atoms with Crippen LogP contribution in [0.1, 0.15) is 22.4 Å². The van der Waals surface area contributed by atoms with Crippen LogP contribution >= 0.6 is 0 Å². The van der Waals surface area contributed by atoms with E-state index in [0.717, 1.165) is 28.1 Å². The highest BCUT2D eigenvalue weighted by Gasteiger charge is 2.16. The van der Waals surface area contributed by atoms with Crippen LogP contribution in [0.15, 0.2) is 58.1 Å². The van der Waals surface area contributed by atoms with Crippen molar-refractivity contribution in [2.24, 2.45) is 0 Å². The largest absolute Gasteiger partial charge is 0.290 e. The fourth-order valence-corrected chi connectivity index (χ4v) is 3.72. The summed E-state index contributed by atoms with van der Waals surface area (Å²) in [5, 5.41) is 3.60. The normalized spacial score (nSPS) is 11.3. The van der Waals surface area contributed by atoms with Gasteiger partial charge in [0.05, 0.1) is 16.6 Å². The van der Waals surface area contributed by atoms with Crippen molar-refractivity contribution < 1.29 is 0 Å². The molecule has 4 aromatic rings. The molecule has 0 bridgehead atoms. The molecule has 2 aromatic heterocycles. The van der Waals surface area contributed by atoms with Gasteiger partial charge in [-0.15, -0.1) is 0 Å². The predicted molar refractivity (Wildman–Crippen MR) is 108 cm³/mol. The van der Waals surface area contributed by atoms with E-state index in [1.54, 1.807) is 4.57 Å². The molecule has 0 saturated carbocycles. The number of aromatic nitrogens is 3. The van der Waals surface area contributed by atoms with Crippen molar-refractivity contribution in [3.63, 3.8) is 0 Å². The molecule has 0 amide bonds. The molecule has 1 N–H and O–H groups in total. The van der Waals surface area contributed by atoms with E-state index in [4.69, 9.17) is 0 Å². The van der Waals surface area contributed by atoms with Crippen LogP contribution in [0.5, 0.6) is 0 Å². The molecule has 4 rings (SSSR count). The van der Waals surface area contributed by atoms with Gasteiger partial charge in [-0.3, -0.25) is 19.3 Å². The van der Waals surface area contributed by atoms with Gasteiger partial charge < -0.3 is 0 Å². The average Bonchev–Trinajstić information content (AvgIpc) is 2.90. The highest BCUT2D eigenvalue weighted by atomic mass is 16.1. The summed E-state index contributed by atoms with van der Waals surface area (Å²) in [5.74, 6) is 0. The van der Waals surface area contributed by atoms with Crippen molar-refractivity contribution in [3.8, 4) is 11.4 Å². The third kappa shape index (κ3) is 2.81. The Morgan fingerprint density at radius 1 is 0.778 bits per heavy atom. The Bertz CT molecular complexity index is 1290. The number of benzene rings is 2. The summed E-state index contributed by atoms with van der Waals surface area (Å²) in [6.45, 7) is 7.79. The number of nitrogens with one attached hydrogen (secondary N) is 1. The second kappa shape index (κ2) is 6.13. The summed E-state index contributed by atoms with van der Waals surface area (Å²) < 4.78 is 3.11. The number of rotatable bonds is 2. The molecule has 0 aliphatic heterocycles. The monoisotopic (exact) mass is 359 g/mol. The second-order valence-electron chi connectivity index (χ2n) is 7.13. The maximum atomic E-state index is 13.1. The van der Waals surface area contributed by atoms with Crippen molar-refractivity contribution in [2.45, 2.75) is 27.7 Å². The summed E-state index contributed by atoms with van der Waals surface area (Å²) in [6.07, 6.45) is 0. The molecule has 0 aliphatic carbocycles. The lowest BCUT2D eigenvalue weighted by Gasteiger charge is -2.12. The van der Waals surface area contributed by atoms with Gasteiger partial charge >= 0.3 is 0 Å². The molecule has 0 spiro atoms. The molecule has 136 valence electrons. The Kier molecular flexibility index (Phi) is 3.88. The molecule has 27 heavy (non-hydrogen) atoms. The number of nitrogens with zero attached hydrogens (tertiary/aromatic N) is 2. The first-order valence-corrected chi connectivity index (χ1v) is 8.88. The Labute approximate surface area is 156 Å². The first-order valence-electron chi connectivity index (χ1n) is 8.88. The van der Waals surface area contributed by atoms with Gasteiger partial charge in [0.15, 0.2) is 0 Å². The highest BCUT2D eigenvalue weighted by molar-refractivity contribution is 5.81. The van der Waals surface area contributed by atoms with Gasteiger partial charge in [0.2, 0.25) is 0 Å².